The summed E-state index contributed by atoms with van der Waals surface area (Å²) < 4.78 is 0. The number of rotatable bonds is 2. The van der Waals surface area contributed by atoms with Crippen molar-refractivity contribution in [2.24, 2.45) is 0 Å². The van der Waals surface area contributed by atoms with E-state index in [9.17, 15) is 0 Å². The molecule has 0 heterocycles. The first kappa shape index (κ1) is 35.5. The van der Waals surface area contributed by atoms with Crippen LogP contribution >= 0.6 is 24.8 Å². The van der Waals surface area contributed by atoms with Crippen LogP contribution in [0, 0.1) is 6.08 Å². The van der Waals surface area contributed by atoms with Gasteiger partial charge in [-0.2, -0.15) is 11.6 Å². The van der Waals surface area contributed by atoms with Crippen molar-refractivity contribution in [2.75, 3.05) is 0 Å². The smallest absolute Gasteiger partial charge is 0.147 e. The van der Waals surface area contributed by atoms with Crippen LogP contribution in [0.25, 0.3) is 21.5 Å². The van der Waals surface area contributed by atoms with Gasteiger partial charge in [0.1, 0.15) is 0 Å². The summed E-state index contributed by atoms with van der Waals surface area (Å²) in [4.78, 5) is 0. The summed E-state index contributed by atoms with van der Waals surface area (Å²) >= 11 is 1.45. The van der Waals surface area contributed by atoms with Crippen molar-refractivity contribution in [3.05, 3.63) is 76.9 Å². The van der Waals surface area contributed by atoms with Crippen LogP contribution in [0.1, 0.15) is 85.8 Å². The first-order valence-electron chi connectivity index (χ1n) is 12.7. The number of fused-ring (bicyclic) bond motifs is 3. The molecule has 0 nitrogen and oxygen atoms in total. The summed E-state index contributed by atoms with van der Waals surface area (Å²) in [5.74, 6) is 0. The van der Waals surface area contributed by atoms with Gasteiger partial charge in [-0.1, -0.05) is 104 Å². The average molecular weight is 708 g/mol. The Morgan fingerprint density at radius 2 is 1.22 bits per heavy atom. The van der Waals surface area contributed by atoms with Crippen LogP contribution in [-0.4, -0.2) is 5.49 Å². The minimum absolute atomic E-state index is 0. The maximum absolute atomic E-state index is 3.33. The third kappa shape index (κ3) is 9.97. The summed E-state index contributed by atoms with van der Waals surface area (Å²) in [6.07, 6.45) is 8.99. The molecule has 0 saturated carbocycles. The Morgan fingerprint density at radius 3 is 1.53 bits per heavy atom. The Balaban J connectivity index is 0.000000686. The SMILES string of the molecule is CC(C)(C)c1ccc2c(c1)[cH-]c1cc(C(C)(C)C)ccc12.CCC1=[C-]CC=C1CC.C[Si](C)=[Hf+2].Cl.Cl. The third-order valence-corrected chi connectivity index (χ3v) is 6.22. The van der Waals surface area contributed by atoms with Gasteiger partial charge in [-0.05, 0) is 10.8 Å². The van der Waals surface area contributed by atoms with Gasteiger partial charge in [-0.15, -0.1) is 71.0 Å². The van der Waals surface area contributed by atoms with E-state index in [1.165, 1.54) is 73.2 Å². The van der Waals surface area contributed by atoms with Crippen LogP contribution < -0.4 is 0 Å². The molecule has 196 valence electrons. The topological polar surface area (TPSA) is 0 Å². The van der Waals surface area contributed by atoms with Crippen molar-refractivity contribution in [3.8, 4) is 0 Å². The molecule has 3 aromatic rings. The van der Waals surface area contributed by atoms with Gasteiger partial charge in [0, 0.05) is 0 Å². The summed E-state index contributed by atoms with van der Waals surface area (Å²) in [6, 6.07) is 16.2. The predicted octanol–water partition coefficient (Wildman–Crippen LogP) is 10.8. The van der Waals surface area contributed by atoms with E-state index in [0.29, 0.717) is 0 Å². The number of benzene rings is 2. The summed E-state index contributed by atoms with van der Waals surface area (Å²) in [6.45, 7) is 22.7. The summed E-state index contributed by atoms with van der Waals surface area (Å²) in [5.41, 5.74) is 6.43. The summed E-state index contributed by atoms with van der Waals surface area (Å²) in [5, 5.41) is 5.48. The quantitative estimate of drug-likeness (QED) is 0.184. The Hall–Kier alpha value is -0.543. The maximum Gasteiger partial charge on any atom is -0.147 e. The van der Waals surface area contributed by atoms with Crippen LogP contribution in [-0.2, 0) is 33.8 Å². The number of hydrogen-bond acceptors (Lipinski definition) is 0. The molecule has 0 atom stereocenters. The molecular weight excluding hydrogens is 662 g/mol. The first-order chi connectivity index (χ1) is 15.8. The normalized spacial score (nSPS) is 12.9. The monoisotopic (exact) mass is 708 g/mol. The molecule has 4 heteroatoms. The van der Waals surface area contributed by atoms with Gasteiger partial charge in [0.05, 0.1) is 0 Å². The molecule has 0 spiro atoms. The van der Waals surface area contributed by atoms with Crippen LogP contribution in [0.4, 0.5) is 0 Å². The van der Waals surface area contributed by atoms with E-state index in [1.807, 2.05) is 0 Å². The van der Waals surface area contributed by atoms with Crippen molar-refractivity contribution in [3.63, 3.8) is 0 Å². The molecule has 4 rings (SSSR count). The molecule has 1 aliphatic rings. The molecule has 0 saturated heterocycles. The van der Waals surface area contributed by atoms with Crippen LogP contribution in [0.3, 0.4) is 0 Å². The van der Waals surface area contributed by atoms with E-state index in [2.05, 4.69) is 123 Å². The Bertz CT molecular complexity index is 1110. The minimum atomic E-state index is 0. The van der Waals surface area contributed by atoms with Crippen molar-refractivity contribution in [1.29, 1.82) is 0 Å². The molecule has 0 aromatic heterocycles. The molecule has 3 aromatic carbocycles. The van der Waals surface area contributed by atoms with Gasteiger partial charge in [-0.3, -0.25) is 6.08 Å². The van der Waals surface area contributed by atoms with E-state index in [-0.39, 0.29) is 41.1 Å². The third-order valence-electron chi connectivity index (χ3n) is 6.22. The van der Waals surface area contributed by atoms with Crippen LogP contribution in [0.15, 0.2) is 59.7 Å². The van der Waals surface area contributed by atoms with Crippen molar-refractivity contribution in [1.82, 2.24) is 0 Å². The molecule has 36 heavy (non-hydrogen) atoms. The molecule has 0 unspecified atom stereocenters. The fourth-order valence-electron chi connectivity index (χ4n) is 4.20. The number of hydrogen-bond donors (Lipinski definition) is 0. The van der Waals surface area contributed by atoms with Crippen molar-refractivity contribution < 1.29 is 23.0 Å². The largest absolute Gasteiger partial charge is 0.147 e. The number of allylic oxidation sites excluding steroid dienone is 4. The van der Waals surface area contributed by atoms with Crippen LogP contribution in [0.2, 0.25) is 13.1 Å². The second-order valence-electron chi connectivity index (χ2n) is 11.5. The van der Waals surface area contributed by atoms with Gasteiger partial charge < -0.3 is 0 Å². The molecule has 0 aliphatic heterocycles. The zero-order chi connectivity index (χ0) is 25.7. The predicted molar refractivity (Wildman–Crippen MR) is 166 cm³/mol. The van der Waals surface area contributed by atoms with Crippen molar-refractivity contribution >= 4 is 51.9 Å². The van der Waals surface area contributed by atoms with E-state index < -0.39 is 0 Å². The molecule has 0 radical (unpaired) electrons. The second kappa shape index (κ2) is 15.1. The van der Waals surface area contributed by atoms with Crippen LogP contribution in [0.5, 0.6) is 0 Å². The number of halogens is 2. The minimum Gasteiger partial charge on any atom is -0.147 e. The van der Waals surface area contributed by atoms with Gasteiger partial charge in [-0.25, -0.2) is 5.57 Å². The zero-order valence-electron chi connectivity index (χ0n) is 24.1. The summed E-state index contributed by atoms with van der Waals surface area (Å²) in [7, 11) is 0. The Labute approximate surface area is 248 Å². The Morgan fingerprint density at radius 1 is 0.806 bits per heavy atom. The van der Waals surface area contributed by atoms with E-state index in [0.717, 1.165) is 12.8 Å². The standard InChI is InChI=1S/C21H25.C9H13.C2H6Si.2ClH.Hf/c1-20(2,3)16-7-9-18-14(12-16)11-15-13-17(21(4,5)6)8-10-19(15)18;1-3-8-6-5-7-9(8)4-2;1-3-2;;;/h7-13H,1-6H3;6H,3-5H2,1-2H3;1-2H3;2*1H;/q2*-1;;;;+2. The van der Waals surface area contributed by atoms with Gasteiger partial charge >= 0.3 is 41.6 Å². The van der Waals surface area contributed by atoms with E-state index in [1.54, 1.807) is 0 Å². The molecular formula is C32H46Cl2HfSi. The average Bonchev–Trinajstić information content (AvgIpc) is 3.35. The van der Waals surface area contributed by atoms with Crippen molar-refractivity contribution in [2.45, 2.75) is 98.6 Å². The molecule has 1 aliphatic carbocycles. The fourth-order valence-corrected chi connectivity index (χ4v) is 4.20. The first-order valence-corrected chi connectivity index (χ1v) is 20.6. The van der Waals surface area contributed by atoms with E-state index >= 15 is 0 Å². The maximum atomic E-state index is 3.33. The van der Waals surface area contributed by atoms with Gasteiger partial charge in [0.25, 0.3) is 0 Å². The Kier molecular flexibility index (Phi) is 14.9. The molecule has 0 N–H and O–H groups in total. The molecule has 0 fully saturated rings. The van der Waals surface area contributed by atoms with Gasteiger partial charge in [0.2, 0.25) is 0 Å². The molecule has 0 bridgehead atoms. The molecule has 0 amide bonds. The zero-order valence-corrected chi connectivity index (χ0v) is 30.3. The van der Waals surface area contributed by atoms with Gasteiger partial charge in [0.15, 0.2) is 0 Å². The second-order valence-corrected chi connectivity index (χ2v) is 24.3. The fraction of sp³-hybridized carbons (Fsp3) is 0.469. The van der Waals surface area contributed by atoms with E-state index in [4.69, 9.17) is 0 Å².